The molecule has 1 saturated carbocycles. The summed E-state index contributed by atoms with van der Waals surface area (Å²) in [6.07, 6.45) is 5.98. The Morgan fingerprint density at radius 1 is 1.32 bits per heavy atom. The van der Waals surface area contributed by atoms with Crippen LogP contribution in [0.4, 0.5) is 11.5 Å². The number of hydrogen-bond acceptors (Lipinski definition) is 5. The van der Waals surface area contributed by atoms with Crippen molar-refractivity contribution in [2.24, 2.45) is 13.0 Å². The number of nitrogens with one attached hydrogen (secondary N) is 2. The number of fused-ring (bicyclic) bond motifs is 1. The van der Waals surface area contributed by atoms with Crippen LogP contribution in [0.3, 0.4) is 0 Å². The van der Waals surface area contributed by atoms with Crippen molar-refractivity contribution in [1.29, 1.82) is 5.26 Å². The maximum Gasteiger partial charge on any atom is 0.261 e. The Labute approximate surface area is 183 Å². The average Bonchev–Trinajstić information content (AvgIpc) is 3.40. The van der Waals surface area contributed by atoms with Crippen molar-refractivity contribution >= 4 is 34.0 Å². The maximum atomic E-state index is 12.6. The Hall–Kier alpha value is -3.57. The van der Waals surface area contributed by atoms with E-state index < -0.39 is 0 Å². The molecule has 1 aliphatic rings. The number of aromatic nitrogens is 5. The molecular weight excluding hydrogens is 414 g/mol. The Morgan fingerprint density at radius 2 is 2.16 bits per heavy atom. The highest BCUT2D eigenvalue weighted by molar-refractivity contribution is 6.33. The molecule has 2 N–H and O–H groups in total. The van der Waals surface area contributed by atoms with Crippen molar-refractivity contribution < 1.29 is 0 Å². The van der Waals surface area contributed by atoms with Crippen molar-refractivity contribution in [1.82, 2.24) is 24.5 Å². The Morgan fingerprint density at radius 3 is 2.84 bits per heavy atom. The summed E-state index contributed by atoms with van der Waals surface area (Å²) >= 11 is 6.52. The molecular formula is C22H20ClN7O. The van der Waals surface area contributed by atoms with Crippen LogP contribution in [0.15, 0.2) is 47.5 Å². The minimum atomic E-state index is -0.228. The zero-order valence-electron chi connectivity index (χ0n) is 16.8. The third-order valence-electron chi connectivity index (χ3n) is 5.63. The van der Waals surface area contributed by atoms with E-state index in [4.69, 9.17) is 16.7 Å². The average molecular weight is 434 g/mol. The van der Waals surface area contributed by atoms with Crippen LogP contribution in [0, 0.1) is 17.2 Å². The molecule has 9 heteroatoms. The van der Waals surface area contributed by atoms with Gasteiger partial charge in [-0.2, -0.15) is 15.5 Å². The van der Waals surface area contributed by atoms with Gasteiger partial charge >= 0.3 is 0 Å². The van der Waals surface area contributed by atoms with Crippen LogP contribution < -0.4 is 10.9 Å². The normalized spacial score (nSPS) is 14.5. The largest absolute Gasteiger partial charge is 0.338 e. The zero-order chi connectivity index (χ0) is 21.5. The first-order valence-corrected chi connectivity index (χ1v) is 10.5. The van der Waals surface area contributed by atoms with E-state index in [1.807, 2.05) is 42.2 Å². The van der Waals surface area contributed by atoms with Crippen LogP contribution in [0.25, 0.3) is 22.2 Å². The maximum absolute atomic E-state index is 12.6. The number of benzene rings is 1. The number of nitrogens with zero attached hydrogens (tertiary/aromatic N) is 5. The van der Waals surface area contributed by atoms with Gasteiger partial charge in [-0.15, -0.1) is 0 Å². The van der Waals surface area contributed by atoms with E-state index >= 15 is 0 Å². The lowest BCUT2D eigenvalue weighted by molar-refractivity contribution is 0.426. The highest BCUT2D eigenvalue weighted by Crippen LogP contribution is 2.43. The van der Waals surface area contributed by atoms with Crippen LogP contribution in [0.5, 0.6) is 0 Å². The first-order chi connectivity index (χ1) is 15.0. The number of rotatable bonds is 6. The lowest BCUT2D eigenvalue weighted by Gasteiger charge is -2.14. The summed E-state index contributed by atoms with van der Waals surface area (Å²) in [6.45, 7) is 0. The van der Waals surface area contributed by atoms with Gasteiger partial charge in [0.05, 0.1) is 34.8 Å². The number of anilines is 2. The highest BCUT2D eigenvalue weighted by Gasteiger charge is 2.34. The predicted molar refractivity (Wildman–Crippen MR) is 119 cm³/mol. The van der Waals surface area contributed by atoms with Crippen LogP contribution in [-0.4, -0.2) is 24.5 Å². The van der Waals surface area contributed by atoms with Crippen LogP contribution in [0.2, 0.25) is 5.02 Å². The lowest BCUT2D eigenvalue weighted by atomic mass is 10.1. The molecule has 0 radical (unpaired) electrons. The highest BCUT2D eigenvalue weighted by atomic mass is 35.5. The van der Waals surface area contributed by atoms with Crippen LogP contribution in [-0.2, 0) is 7.05 Å². The molecule has 1 aliphatic carbocycles. The van der Waals surface area contributed by atoms with E-state index in [0.29, 0.717) is 34.3 Å². The molecule has 0 bridgehead atoms. The van der Waals surface area contributed by atoms with Crippen molar-refractivity contribution in [3.8, 4) is 17.3 Å². The monoisotopic (exact) mass is 433 g/mol. The molecule has 3 aromatic heterocycles. The number of hydrogen-bond donors (Lipinski definition) is 2. The standard InChI is InChI=1S/C22H20ClN7O/c1-29-11-8-17(27-29)15-5-4-14(12-16(15)23)26-21-20-19(7-10-25-22(20)31)30(28-21)18(6-9-24)13-2-3-13/h4-5,7-8,10-13,18H,2-3,6H2,1H3,(H,25,31)(H,26,28). The summed E-state index contributed by atoms with van der Waals surface area (Å²) in [5.41, 5.74) is 2.81. The first-order valence-electron chi connectivity index (χ1n) is 10.1. The van der Waals surface area contributed by atoms with Crippen molar-refractivity contribution in [3.63, 3.8) is 0 Å². The minimum absolute atomic E-state index is 0.0417. The molecule has 156 valence electrons. The van der Waals surface area contributed by atoms with Gasteiger partial charge in [0.25, 0.3) is 5.56 Å². The van der Waals surface area contributed by atoms with Crippen LogP contribution >= 0.6 is 11.6 Å². The molecule has 5 rings (SSSR count). The van der Waals surface area contributed by atoms with E-state index in [0.717, 1.165) is 29.6 Å². The minimum Gasteiger partial charge on any atom is -0.338 e. The second kappa shape index (κ2) is 7.60. The van der Waals surface area contributed by atoms with Gasteiger partial charge in [0.15, 0.2) is 5.82 Å². The van der Waals surface area contributed by atoms with Crippen molar-refractivity contribution in [3.05, 3.63) is 58.1 Å². The molecule has 0 spiro atoms. The van der Waals surface area contributed by atoms with Crippen molar-refractivity contribution in [2.75, 3.05) is 5.32 Å². The molecule has 1 aromatic carbocycles. The third-order valence-corrected chi connectivity index (χ3v) is 5.95. The fourth-order valence-electron chi connectivity index (χ4n) is 3.96. The summed E-state index contributed by atoms with van der Waals surface area (Å²) in [5.74, 6) is 0.865. The molecule has 0 aliphatic heterocycles. The number of nitriles is 1. The van der Waals surface area contributed by atoms with Gasteiger partial charge in [-0.3, -0.25) is 14.2 Å². The number of aryl methyl sites for hydroxylation is 1. The predicted octanol–water partition coefficient (Wildman–Crippen LogP) is 4.39. The fourth-order valence-corrected chi connectivity index (χ4v) is 4.24. The van der Waals surface area contributed by atoms with E-state index in [-0.39, 0.29) is 11.6 Å². The van der Waals surface area contributed by atoms with Crippen molar-refractivity contribution in [2.45, 2.75) is 25.3 Å². The van der Waals surface area contributed by atoms with E-state index in [1.54, 1.807) is 16.9 Å². The first kappa shape index (κ1) is 19.4. The Bertz CT molecular complexity index is 1370. The Balaban J connectivity index is 1.54. The van der Waals surface area contributed by atoms with Gasteiger partial charge in [0, 0.05) is 30.7 Å². The molecule has 1 unspecified atom stereocenters. The topological polar surface area (TPSA) is 104 Å². The number of halogens is 1. The van der Waals surface area contributed by atoms with E-state index in [2.05, 4.69) is 21.5 Å². The summed E-state index contributed by atoms with van der Waals surface area (Å²) < 4.78 is 3.55. The summed E-state index contributed by atoms with van der Waals surface area (Å²) in [6, 6.07) is 11.5. The zero-order valence-corrected chi connectivity index (χ0v) is 17.6. The molecule has 0 amide bonds. The molecule has 3 heterocycles. The van der Waals surface area contributed by atoms with Gasteiger partial charge in [-0.1, -0.05) is 11.6 Å². The quantitative estimate of drug-likeness (QED) is 0.469. The molecule has 0 saturated heterocycles. The molecule has 31 heavy (non-hydrogen) atoms. The molecule has 8 nitrogen and oxygen atoms in total. The smallest absolute Gasteiger partial charge is 0.261 e. The van der Waals surface area contributed by atoms with Gasteiger partial charge in [-0.05, 0) is 49.1 Å². The molecule has 1 fully saturated rings. The van der Waals surface area contributed by atoms with Gasteiger partial charge in [0.2, 0.25) is 0 Å². The second-order valence-electron chi connectivity index (χ2n) is 7.82. The van der Waals surface area contributed by atoms with E-state index in [9.17, 15) is 10.1 Å². The van der Waals surface area contributed by atoms with Gasteiger partial charge in [0.1, 0.15) is 5.39 Å². The third kappa shape index (κ3) is 3.57. The number of pyridine rings is 1. The van der Waals surface area contributed by atoms with Gasteiger partial charge < -0.3 is 10.3 Å². The summed E-state index contributed by atoms with van der Waals surface area (Å²) in [5, 5.41) is 22.7. The molecule has 1 atom stereocenters. The van der Waals surface area contributed by atoms with Crippen LogP contribution in [0.1, 0.15) is 25.3 Å². The Kier molecular flexibility index (Phi) is 4.75. The fraction of sp³-hybridized carbons (Fsp3) is 0.273. The second-order valence-corrected chi connectivity index (χ2v) is 8.23. The number of aromatic amines is 1. The summed E-state index contributed by atoms with van der Waals surface area (Å²) in [4.78, 5) is 15.4. The summed E-state index contributed by atoms with van der Waals surface area (Å²) in [7, 11) is 1.85. The molecule has 4 aromatic rings. The van der Waals surface area contributed by atoms with Gasteiger partial charge in [-0.25, -0.2) is 0 Å². The lowest BCUT2D eigenvalue weighted by Crippen LogP contribution is -2.13. The number of H-pyrrole nitrogens is 1. The van der Waals surface area contributed by atoms with E-state index in [1.165, 1.54) is 0 Å². The SMILES string of the molecule is Cn1ccc(-c2ccc(Nc3nn(C(CC#N)C4CC4)c4cc[nH]c(=O)c34)cc2Cl)n1.